The molecule has 0 unspecified atom stereocenters. The van der Waals surface area contributed by atoms with Crippen LogP contribution in [0.5, 0.6) is 11.5 Å². The Labute approximate surface area is 133 Å². The maximum Gasteiger partial charge on any atom is 0.141 e. The monoisotopic (exact) mass is 353 g/mol. The van der Waals surface area contributed by atoms with Gasteiger partial charge < -0.3 is 10.5 Å². The Morgan fingerprint density at radius 2 is 2.00 bits per heavy atom. The molecule has 2 nitrogen and oxygen atoms in total. The average Bonchev–Trinajstić information content (AvgIpc) is 2.42. The zero-order valence-electron chi connectivity index (χ0n) is 11.5. The molecule has 0 amide bonds. The third-order valence-electron chi connectivity index (χ3n) is 3.11. The predicted octanol–water partition coefficient (Wildman–Crippen LogP) is 5.48. The summed E-state index contributed by atoms with van der Waals surface area (Å²) in [6.45, 7) is 4.02. The van der Waals surface area contributed by atoms with Crippen LogP contribution < -0.4 is 10.5 Å². The average molecular weight is 355 g/mol. The highest BCUT2D eigenvalue weighted by atomic mass is 79.9. The van der Waals surface area contributed by atoms with Crippen molar-refractivity contribution in [1.82, 2.24) is 0 Å². The van der Waals surface area contributed by atoms with Crippen LogP contribution in [0.4, 0.5) is 0 Å². The molecule has 0 saturated heterocycles. The molecule has 0 saturated carbocycles. The summed E-state index contributed by atoms with van der Waals surface area (Å²) in [5, 5.41) is 0.770. The molecule has 2 aromatic carbocycles. The minimum absolute atomic E-state index is 0.00239. The van der Waals surface area contributed by atoms with Crippen LogP contribution in [0.2, 0.25) is 5.02 Å². The second-order valence-electron chi connectivity index (χ2n) is 4.69. The van der Waals surface area contributed by atoms with Crippen LogP contribution in [0.3, 0.4) is 0 Å². The smallest absolute Gasteiger partial charge is 0.141 e. The largest absolute Gasteiger partial charge is 0.456 e. The minimum Gasteiger partial charge on any atom is -0.456 e. The van der Waals surface area contributed by atoms with Gasteiger partial charge in [0.05, 0.1) is 4.47 Å². The lowest BCUT2D eigenvalue weighted by atomic mass is 10.1. The molecule has 1 atom stereocenters. The van der Waals surface area contributed by atoms with Gasteiger partial charge in [0, 0.05) is 11.1 Å². The van der Waals surface area contributed by atoms with E-state index >= 15 is 0 Å². The van der Waals surface area contributed by atoms with Crippen molar-refractivity contribution in [2.45, 2.75) is 26.3 Å². The third-order valence-corrected chi connectivity index (χ3v) is 4.10. The first-order valence-electron chi connectivity index (χ1n) is 6.52. The summed E-state index contributed by atoms with van der Waals surface area (Å²) in [5.41, 5.74) is 8.00. The number of hydrogen-bond donors (Lipinski definition) is 1. The van der Waals surface area contributed by atoms with E-state index in [4.69, 9.17) is 22.1 Å². The normalized spacial score (nSPS) is 12.2. The molecule has 0 aliphatic carbocycles. The molecule has 106 valence electrons. The molecule has 0 aliphatic heterocycles. The maximum absolute atomic E-state index is 6.11. The number of nitrogens with two attached hydrogens (primary N) is 1. The van der Waals surface area contributed by atoms with Crippen LogP contribution in [0.15, 0.2) is 40.9 Å². The van der Waals surface area contributed by atoms with Crippen LogP contribution in [-0.2, 0) is 6.42 Å². The molecule has 0 fully saturated rings. The topological polar surface area (TPSA) is 35.2 Å². The summed E-state index contributed by atoms with van der Waals surface area (Å²) in [5.74, 6) is 1.54. The van der Waals surface area contributed by atoms with E-state index in [9.17, 15) is 0 Å². The molecule has 0 heterocycles. The Bertz CT molecular complexity index is 613. The number of ether oxygens (including phenoxy) is 1. The zero-order valence-corrected chi connectivity index (χ0v) is 13.8. The predicted molar refractivity (Wildman–Crippen MR) is 87.6 cm³/mol. The number of benzene rings is 2. The van der Waals surface area contributed by atoms with Gasteiger partial charge in [-0.05, 0) is 70.7 Å². The van der Waals surface area contributed by atoms with Gasteiger partial charge in [0.25, 0.3) is 0 Å². The Morgan fingerprint density at radius 1 is 1.25 bits per heavy atom. The van der Waals surface area contributed by atoms with E-state index in [0.29, 0.717) is 0 Å². The van der Waals surface area contributed by atoms with E-state index in [0.717, 1.165) is 38.5 Å². The second kappa shape index (κ2) is 6.61. The highest BCUT2D eigenvalue weighted by molar-refractivity contribution is 9.10. The minimum atomic E-state index is 0.00239. The van der Waals surface area contributed by atoms with Crippen LogP contribution in [0.1, 0.15) is 31.0 Å². The van der Waals surface area contributed by atoms with Crippen LogP contribution in [-0.4, -0.2) is 0 Å². The number of halogens is 2. The van der Waals surface area contributed by atoms with E-state index in [-0.39, 0.29) is 6.04 Å². The molecule has 2 aromatic rings. The summed E-state index contributed by atoms with van der Waals surface area (Å²) < 4.78 is 6.78. The van der Waals surface area contributed by atoms with Gasteiger partial charge in [0.1, 0.15) is 11.5 Å². The van der Waals surface area contributed by atoms with Crippen molar-refractivity contribution in [1.29, 1.82) is 0 Å². The van der Waals surface area contributed by atoms with E-state index in [1.165, 1.54) is 0 Å². The fourth-order valence-corrected chi connectivity index (χ4v) is 2.62. The molecule has 2 rings (SSSR count). The quantitative estimate of drug-likeness (QED) is 0.789. The highest BCUT2D eigenvalue weighted by Crippen LogP contribution is 2.33. The van der Waals surface area contributed by atoms with Crippen molar-refractivity contribution < 1.29 is 4.74 Å². The molecule has 20 heavy (non-hydrogen) atoms. The van der Waals surface area contributed by atoms with Crippen molar-refractivity contribution in [3.63, 3.8) is 0 Å². The molecule has 0 aromatic heterocycles. The first-order chi connectivity index (χ1) is 9.51. The van der Waals surface area contributed by atoms with Gasteiger partial charge in [0.15, 0.2) is 0 Å². The Morgan fingerprint density at radius 3 is 2.60 bits per heavy atom. The van der Waals surface area contributed by atoms with E-state index in [1.807, 2.05) is 43.3 Å². The molecule has 0 radical (unpaired) electrons. The summed E-state index contributed by atoms with van der Waals surface area (Å²) >= 11 is 9.62. The fourth-order valence-electron chi connectivity index (χ4n) is 1.90. The third kappa shape index (κ3) is 3.54. The van der Waals surface area contributed by atoms with Gasteiger partial charge in [-0.25, -0.2) is 0 Å². The van der Waals surface area contributed by atoms with Crippen molar-refractivity contribution in [3.05, 3.63) is 57.0 Å². The van der Waals surface area contributed by atoms with E-state index < -0.39 is 0 Å². The lowest BCUT2D eigenvalue weighted by molar-refractivity contribution is 0.478. The Kier molecular flexibility index (Phi) is 5.08. The summed E-state index contributed by atoms with van der Waals surface area (Å²) in [6.07, 6.45) is 0.876. The Balaban J connectivity index is 2.26. The van der Waals surface area contributed by atoms with Crippen molar-refractivity contribution in [2.75, 3.05) is 0 Å². The molecular formula is C16H17BrClNO. The lowest BCUT2D eigenvalue weighted by Gasteiger charge is -2.12. The molecule has 0 bridgehead atoms. The first kappa shape index (κ1) is 15.4. The standard InChI is InChI=1S/C16H17BrClNO/c1-3-11-8-13(5-6-15(11)18)20-16-7-4-12(10(2)19)9-14(16)17/h4-10H,3,19H2,1-2H3/t10-/m0/s1. The molecule has 0 spiro atoms. The zero-order chi connectivity index (χ0) is 14.7. The van der Waals surface area contributed by atoms with Crippen LogP contribution in [0.25, 0.3) is 0 Å². The van der Waals surface area contributed by atoms with Crippen molar-refractivity contribution in [2.24, 2.45) is 5.73 Å². The summed E-state index contributed by atoms with van der Waals surface area (Å²) in [4.78, 5) is 0. The first-order valence-corrected chi connectivity index (χ1v) is 7.69. The van der Waals surface area contributed by atoms with Gasteiger partial charge in [-0.1, -0.05) is 24.6 Å². The van der Waals surface area contributed by atoms with Gasteiger partial charge in [0.2, 0.25) is 0 Å². The second-order valence-corrected chi connectivity index (χ2v) is 5.95. The number of rotatable bonds is 4. The molecule has 2 N–H and O–H groups in total. The van der Waals surface area contributed by atoms with Crippen LogP contribution >= 0.6 is 27.5 Å². The van der Waals surface area contributed by atoms with Crippen molar-refractivity contribution in [3.8, 4) is 11.5 Å². The summed E-state index contributed by atoms with van der Waals surface area (Å²) in [7, 11) is 0. The molecular weight excluding hydrogens is 338 g/mol. The SMILES string of the molecule is CCc1cc(Oc2ccc([C@H](C)N)cc2Br)ccc1Cl. The number of hydrogen-bond acceptors (Lipinski definition) is 2. The summed E-state index contributed by atoms with van der Waals surface area (Å²) in [6, 6.07) is 11.6. The van der Waals surface area contributed by atoms with E-state index in [2.05, 4.69) is 22.9 Å². The Hall–Kier alpha value is -1.03. The van der Waals surface area contributed by atoms with Gasteiger partial charge in [-0.2, -0.15) is 0 Å². The number of aryl methyl sites for hydroxylation is 1. The van der Waals surface area contributed by atoms with Gasteiger partial charge in [-0.3, -0.25) is 0 Å². The lowest BCUT2D eigenvalue weighted by Crippen LogP contribution is -2.04. The van der Waals surface area contributed by atoms with Gasteiger partial charge in [-0.15, -0.1) is 0 Å². The maximum atomic E-state index is 6.11. The van der Waals surface area contributed by atoms with Gasteiger partial charge >= 0.3 is 0 Å². The highest BCUT2D eigenvalue weighted by Gasteiger charge is 2.08. The molecule has 0 aliphatic rings. The fraction of sp³-hybridized carbons (Fsp3) is 0.250. The van der Waals surface area contributed by atoms with E-state index in [1.54, 1.807) is 0 Å². The molecule has 4 heteroatoms. The van der Waals surface area contributed by atoms with Crippen LogP contribution in [0, 0.1) is 0 Å². The van der Waals surface area contributed by atoms with Crippen molar-refractivity contribution >= 4 is 27.5 Å².